The van der Waals surface area contributed by atoms with Crippen molar-refractivity contribution >= 4 is 29.4 Å². The van der Waals surface area contributed by atoms with E-state index in [-0.39, 0.29) is 6.79 Å². The number of carbonyl (C=O) groups excluding carboxylic acids is 2. The number of urea groups is 1. The minimum atomic E-state index is -0.701. The van der Waals surface area contributed by atoms with Gasteiger partial charge in [-0.25, -0.2) is 4.79 Å². The molecule has 3 aliphatic heterocycles. The van der Waals surface area contributed by atoms with E-state index in [1.807, 2.05) is 11.0 Å². The molecule has 8 nitrogen and oxygen atoms in total. The quantitative estimate of drug-likeness (QED) is 0.806. The van der Waals surface area contributed by atoms with Gasteiger partial charge in [-0.3, -0.25) is 10.1 Å². The second-order valence-electron chi connectivity index (χ2n) is 6.22. The maximum atomic E-state index is 12.4. The number of nitriles is 1. The lowest BCUT2D eigenvalue weighted by Gasteiger charge is -2.41. The highest BCUT2D eigenvalue weighted by molar-refractivity contribution is 6.12. The van der Waals surface area contributed by atoms with Crippen LogP contribution in [-0.2, 0) is 4.79 Å². The fourth-order valence-corrected chi connectivity index (χ4v) is 3.46. The number of anilines is 2. The summed E-state index contributed by atoms with van der Waals surface area (Å²) in [6, 6.07) is 12.1. The summed E-state index contributed by atoms with van der Waals surface area (Å²) >= 11 is 0. The van der Waals surface area contributed by atoms with E-state index in [4.69, 9.17) is 9.47 Å². The van der Waals surface area contributed by atoms with E-state index >= 15 is 0 Å². The summed E-state index contributed by atoms with van der Waals surface area (Å²) in [6.45, 7) is 0.141. The van der Waals surface area contributed by atoms with E-state index < -0.39 is 18.1 Å². The number of hydrogen-bond acceptors (Lipinski definition) is 6. The van der Waals surface area contributed by atoms with Crippen molar-refractivity contribution in [1.82, 2.24) is 10.6 Å². The third-order valence-corrected chi connectivity index (χ3v) is 4.67. The number of imide groups is 1. The Bertz CT molecular complexity index is 1090. The normalized spacial score (nSPS) is 19.3. The number of amides is 3. The number of hydrogen-bond donors (Lipinski definition) is 2. The minimum Gasteiger partial charge on any atom is -0.454 e. The van der Waals surface area contributed by atoms with Crippen molar-refractivity contribution in [3.63, 3.8) is 0 Å². The Morgan fingerprint density at radius 2 is 1.96 bits per heavy atom. The molecule has 2 aromatic carbocycles. The van der Waals surface area contributed by atoms with E-state index in [0.29, 0.717) is 34.0 Å². The lowest BCUT2D eigenvalue weighted by molar-refractivity contribution is -0.117. The van der Waals surface area contributed by atoms with Gasteiger partial charge < -0.3 is 19.7 Å². The standard InChI is InChI=1S/C19H12N4O4/c20-8-10-1-2-11-6-13-17(21-19(25)22-18(13)24)23(14(11)5-10)12-3-4-15-16(7-12)27-9-26-15/h1-7,17H,9H2,(H2,21,22,24,25). The van der Waals surface area contributed by atoms with Gasteiger partial charge in [-0.2, -0.15) is 5.26 Å². The first kappa shape index (κ1) is 15.3. The Kier molecular flexibility index (Phi) is 3.12. The van der Waals surface area contributed by atoms with Crippen LogP contribution in [0.15, 0.2) is 42.0 Å². The van der Waals surface area contributed by atoms with Gasteiger partial charge in [0.2, 0.25) is 6.79 Å². The summed E-state index contributed by atoms with van der Waals surface area (Å²) in [5, 5.41) is 14.3. The molecule has 0 radical (unpaired) electrons. The highest BCUT2D eigenvalue weighted by Gasteiger charge is 2.39. The Labute approximate surface area is 153 Å². The van der Waals surface area contributed by atoms with E-state index in [1.165, 1.54) is 0 Å². The number of fused-ring (bicyclic) bond motifs is 3. The van der Waals surface area contributed by atoms with Gasteiger partial charge in [-0.05, 0) is 35.9 Å². The van der Waals surface area contributed by atoms with Crippen LogP contribution in [0, 0.1) is 11.3 Å². The Morgan fingerprint density at radius 3 is 2.81 bits per heavy atom. The van der Waals surface area contributed by atoms with Gasteiger partial charge in [0.05, 0.1) is 22.9 Å². The molecule has 8 heteroatoms. The predicted molar refractivity (Wildman–Crippen MR) is 94.3 cm³/mol. The highest BCUT2D eigenvalue weighted by atomic mass is 16.7. The second kappa shape index (κ2) is 5.51. The van der Waals surface area contributed by atoms with Crippen molar-refractivity contribution in [2.24, 2.45) is 0 Å². The molecule has 0 saturated carbocycles. The first-order valence-electron chi connectivity index (χ1n) is 8.20. The van der Waals surface area contributed by atoms with Crippen LogP contribution in [0.5, 0.6) is 11.5 Å². The lowest BCUT2D eigenvalue weighted by Crippen LogP contribution is -2.60. The van der Waals surface area contributed by atoms with Crippen molar-refractivity contribution in [3.05, 3.63) is 53.1 Å². The molecule has 1 unspecified atom stereocenters. The topological polar surface area (TPSA) is 104 Å². The summed E-state index contributed by atoms with van der Waals surface area (Å²) in [7, 11) is 0. The van der Waals surface area contributed by atoms with Crippen LogP contribution < -0.4 is 25.0 Å². The molecule has 132 valence electrons. The molecule has 1 atom stereocenters. The van der Waals surface area contributed by atoms with Crippen LogP contribution in [-0.4, -0.2) is 24.9 Å². The molecule has 0 bridgehead atoms. The minimum absolute atomic E-state index is 0.141. The first-order valence-corrected chi connectivity index (χ1v) is 8.20. The predicted octanol–water partition coefficient (Wildman–Crippen LogP) is 1.99. The summed E-state index contributed by atoms with van der Waals surface area (Å²) in [6.07, 6.45) is 1.02. The number of carbonyl (C=O) groups is 2. The van der Waals surface area contributed by atoms with Crippen LogP contribution in [0.1, 0.15) is 11.1 Å². The molecule has 3 amide bonds. The molecule has 0 spiro atoms. The average Bonchev–Trinajstić information content (AvgIpc) is 3.14. The largest absolute Gasteiger partial charge is 0.454 e. The zero-order valence-electron chi connectivity index (χ0n) is 13.9. The van der Waals surface area contributed by atoms with Crippen molar-refractivity contribution in [2.45, 2.75) is 6.17 Å². The van der Waals surface area contributed by atoms with Crippen LogP contribution in [0.2, 0.25) is 0 Å². The van der Waals surface area contributed by atoms with E-state index in [0.717, 1.165) is 5.56 Å². The molecule has 5 rings (SSSR count). The van der Waals surface area contributed by atoms with Crippen LogP contribution in [0.3, 0.4) is 0 Å². The third-order valence-electron chi connectivity index (χ3n) is 4.67. The van der Waals surface area contributed by atoms with Crippen molar-refractivity contribution in [3.8, 4) is 17.6 Å². The molecule has 1 saturated heterocycles. The number of benzene rings is 2. The molecule has 2 N–H and O–H groups in total. The lowest BCUT2D eigenvalue weighted by atomic mass is 9.95. The van der Waals surface area contributed by atoms with E-state index in [9.17, 15) is 14.9 Å². The Balaban J connectivity index is 1.72. The van der Waals surface area contributed by atoms with Gasteiger partial charge >= 0.3 is 6.03 Å². The summed E-state index contributed by atoms with van der Waals surface area (Å²) in [5.74, 6) is 0.751. The van der Waals surface area contributed by atoms with Crippen molar-refractivity contribution in [2.75, 3.05) is 11.7 Å². The zero-order chi connectivity index (χ0) is 18.5. The molecular weight excluding hydrogens is 348 g/mol. The fourth-order valence-electron chi connectivity index (χ4n) is 3.46. The van der Waals surface area contributed by atoms with Gasteiger partial charge in [0, 0.05) is 11.8 Å². The van der Waals surface area contributed by atoms with Gasteiger partial charge in [-0.1, -0.05) is 6.07 Å². The molecule has 2 aromatic rings. The monoisotopic (exact) mass is 360 g/mol. The summed E-state index contributed by atoms with van der Waals surface area (Å²) < 4.78 is 10.8. The van der Waals surface area contributed by atoms with Crippen LogP contribution in [0.4, 0.5) is 16.2 Å². The Morgan fingerprint density at radius 1 is 1.11 bits per heavy atom. The number of nitrogens with one attached hydrogen (secondary N) is 2. The van der Waals surface area contributed by atoms with Crippen LogP contribution >= 0.6 is 0 Å². The molecule has 3 heterocycles. The van der Waals surface area contributed by atoms with Gasteiger partial charge in [0.15, 0.2) is 11.5 Å². The molecule has 0 aliphatic carbocycles. The van der Waals surface area contributed by atoms with Crippen molar-refractivity contribution in [1.29, 1.82) is 5.26 Å². The average molecular weight is 360 g/mol. The first-order chi connectivity index (χ1) is 13.1. The molecule has 3 aliphatic rings. The maximum absolute atomic E-state index is 12.4. The van der Waals surface area contributed by atoms with E-state index in [1.54, 1.807) is 36.4 Å². The zero-order valence-corrected chi connectivity index (χ0v) is 13.9. The second-order valence-corrected chi connectivity index (χ2v) is 6.22. The Hall–Kier alpha value is -3.99. The molecule has 1 fully saturated rings. The van der Waals surface area contributed by atoms with Crippen LogP contribution in [0.25, 0.3) is 6.08 Å². The SMILES string of the molecule is N#Cc1ccc2c(c1)N(c1ccc3c(c1)OCO3)C1NC(=O)NC(=O)C1=C2. The van der Waals surface area contributed by atoms with Gasteiger partial charge in [0.1, 0.15) is 6.17 Å². The number of ether oxygens (including phenoxy) is 2. The summed E-state index contributed by atoms with van der Waals surface area (Å²) in [5.41, 5.74) is 3.05. The number of rotatable bonds is 1. The van der Waals surface area contributed by atoms with Crippen molar-refractivity contribution < 1.29 is 19.1 Å². The van der Waals surface area contributed by atoms with Gasteiger partial charge in [-0.15, -0.1) is 0 Å². The third kappa shape index (κ3) is 2.29. The molecular formula is C19H12N4O4. The number of nitrogens with zero attached hydrogens (tertiary/aromatic N) is 2. The van der Waals surface area contributed by atoms with Gasteiger partial charge in [0.25, 0.3) is 5.91 Å². The summed E-state index contributed by atoms with van der Waals surface area (Å²) in [4.78, 5) is 26.1. The molecule has 0 aromatic heterocycles. The highest BCUT2D eigenvalue weighted by Crippen LogP contribution is 2.42. The molecule has 27 heavy (non-hydrogen) atoms. The maximum Gasteiger partial charge on any atom is 0.323 e. The smallest absolute Gasteiger partial charge is 0.323 e. The fraction of sp³-hybridized carbons (Fsp3) is 0.105. The van der Waals surface area contributed by atoms with E-state index in [2.05, 4.69) is 16.7 Å².